The fourth-order valence-electron chi connectivity index (χ4n) is 5.59. The van der Waals surface area contributed by atoms with Crippen molar-refractivity contribution in [1.82, 2.24) is 14.8 Å². The molecule has 1 saturated heterocycles. The molecule has 5 rings (SSSR count). The van der Waals surface area contributed by atoms with Crippen LogP contribution in [0.4, 0.5) is 0 Å². The molecule has 8 heteroatoms. The van der Waals surface area contributed by atoms with E-state index in [1.807, 2.05) is 43.3 Å². The highest BCUT2D eigenvalue weighted by Crippen LogP contribution is 2.48. The van der Waals surface area contributed by atoms with Gasteiger partial charge in [0.05, 0.1) is 32.6 Å². The van der Waals surface area contributed by atoms with Gasteiger partial charge in [0.15, 0.2) is 17.0 Å². The summed E-state index contributed by atoms with van der Waals surface area (Å²) in [4.78, 5) is 34.2. The van der Waals surface area contributed by atoms with Crippen molar-refractivity contribution in [2.24, 2.45) is 0 Å². The van der Waals surface area contributed by atoms with Crippen molar-refractivity contribution in [3.05, 3.63) is 59.3 Å². The molecule has 2 aromatic carbocycles. The molecule has 3 heterocycles. The van der Waals surface area contributed by atoms with E-state index in [1.165, 1.54) is 0 Å². The number of hydrogen-bond acceptors (Lipinski definition) is 5. The Bertz CT molecular complexity index is 1300. The molecule has 0 saturated carbocycles. The zero-order chi connectivity index (χ0) is 25.4. The maximum Gasteiger partial charge on any atom is 0.255 e. The van der Waals surface area contributed by atoms with Crippen molar-refractivity contribution >= 4 is 22.7 Å². The largest absolute Gasteiger partial charge is 0.493 e. The quantitative estimate of drug-likeness (QED) is 0.520. The number of hydrogen-bond donors (Lipinski definition) is 1. The summed E-state index contributed by atoms with van der Waals surface area (Å²) in [5.41, 5.74) is 2.64. The number of nitrogens with one attached hydrogen (secondary N) is 1. The first kappa shape index (κ1) is 24.2. The van der Waals surface area contributed by atoms with Gasteiger partial charge in [0.2, 0.25) is 5.91 Å². The topological polar surface area (TPSA) is 84.1 Å². The van der Waals surface area contributed by atoms with Crippen LogP contribution in [0.2, 0.25) is 0 Å². The van der Waals surface area contributed by atoms with Gasteiger partial charge in [0.1, 0.15) is 0 Å². The van der Waals surface area contributed by atoms with Crippen LogP contribution in [0.25, 0.3) is 10.9 Å². The predicted molar refractivity (Wildman–Crippen MR) is 136 cm³/mol. The smallest absolute Gasteiger partial charge is 0.255 e. The molecule has 190 valence electrons. The number of nitrogens with zero attached hydrogens (tertiary/aromatic N) is 2. The van der Waals surface area contributed by atoms with Gasteiger partial charge in [-0.2, -0.15) is 0 Å². The fourth-order valence-corrected chi connectivity index (χ4v) is 5.59. The van der Waals surface area contributed by atoms with Crippen LogP contribution in [0.5, 0.6) is 11.5 Å². The molecule has 2 aliphatic heterocycles. The summed E-state index contributed by atoms with van der Waals surface area (Å²) in [7, 11) is 3.23. The molecule has 2 amide bonds. The normalized spacial score (nSPS) is 21.5. The van der Waals surface area contributed by atoms with Gasteiger partial charge in [-0.3, -0.25) is 9.59 Å². The third-order valence-electron chi connectivity index (χ3n) is 7.43. The van der Waals surface area contributed by atoms with E-state index in [4.69, 9.17) is 14.2 Å². The number of benzene rings is 2. The Hall–Kier alpha value is -3.52. The lowest BCUT2D eigenvalue weighted by molar-refractivity contribution is -0.166. The number of methoxy groups -OCH3 is 2. The van der Waals surface area contributed by atoms with E-state index in [2.05, 4.69) is 18.0 Å². The van der Waals surface area contributed by atoms with Crippen molar-refractivity contribution in [2.45, 2.75) is 31.7 Å². The highest BCUT2D eigenvalue weighted by atomic mass is 16.5. The fraction of sp³-hybridized carbons (Fsp3) is 0.429. The molecule has 0 unspecified atom stereocenters. The third-order valence-corrected chi connectivity index (χ3v) is 7.43. The highest BCUT2D eigenvalue weighted by molar-refractivity contribution is 6.01. The second-order valence-electron chi connectivity index (χ2n) is 9.57. The molecule has 2 aliphatic rings. The number of para-hydroxylation sites is 1. The molecule has 0 bridgehead atoms. The Morgan fingerprint density at radius 1 is 1.08 bits per heavy atom. The third kappa shape index (κ3) is 3.71. The zero-order valence-corrected chi connectivity index (χ0v) is 21.3. The van der Waals surface area contributed by atoms with Gasteiger partial charge in [-0.25, -0.2) is 0 Å². The van der Waals surface area contributed by atoms with Gasteiger partial charge in [-0.15, -0.1) is 0 Å². The Morgan fingerprint density at radius 2 is 1.89 bits per heavy atom. The van der Waals surface area contributed by atoms with Crippen LogP contribution in [0.15, 0.2) is 42.5 Å². The summed E-state index contributed by atoms with van der Waals surface area (Å²) in [5.74, 6) is 1.05. The maximum absolute atomic E-state index is 13.9. The van der Waals surface area contributed by atoms with Crippen LogP contribution in [-0.4, -0.2) is 73.7 Å². The standard InChI is InChI=1S/C28H33N3O5/c1-5-13-36-22-11-10-18(15-23(22)35-4)20-16-31-24(32)17-30(12-14-34-3)27(33)28(31,2)26-25(20)19-8-6-7-9-21(19)29-26/h6-11,15,20,29H,5,12-14,16-17H2,1-4H3/t20-,28-/m0/s1. The van der Waals surface area contributed by atoms with Crippen LogP contribution in [0.3, 0.4) is 0 Å². The SMILES string of the molecule is CCCOc1ccc([C@@H]2CN3C(=O)CN(CCOC)C(=O)[C@]3(C)c3[nH]c4ccccc4c32)cc1OC. The van der Waals surface area contributed by atoms with E-state index >= 15 is 0 Å². The van der Waals surface area contributed by atoms with Crippen LogP contribution < -0.4 is 9.47 Å². The number of ether oxygens (including phenoxy) is 3. The van der Waals surface area contributed by atoms with Gasteiger partial charge in [0.25, 0.3) is 5.91 Å². The number of fused-ring (bicyclic) bond motifs is 5. The predicted octanol–water partition coefficient (Wildman–Crippen LogP) is 3.64. The molecule has 0 aliphatic carbocycles. The summed E-state index contributed by atoms with van der Waals surface area (Å²) < 4.78 is 16.7. The molecular formula is C28H33N3O5. The molecule has 2 atom stereocenters. The summed E-state index contributed by atoms with van der Waals surface area (Å²) >= 11 is 0. The molecule has 0 spiro atoms. The van der Waals surface area contributed by atoms with Gasteiger partial charge in [-0.05, 0) is 42.7 Å². The van der Waals surface area contributed by atoms with Crippen molar-refractivity contribution in [2.75, 3.05) is 47.1 Å². The van der Waals surface area contributed by atoms with Gasteiger partial charge in [-0.1, -0.05) is 31.2 Å². The van der Waals surface area contributed by atoms with E-state index in [1.54, 1.807) is 24.0 Å². The summed E-state index contributed by atoms with van der Waals surface area (Å²) in [5, 5.41) is 1.05. The molecule has 8 nitrogen and oxygen atoms in total. The van der Waals surface area contributed by atoms with Crippen LogP contribution in [0, 0.1) is 0 Å². The Kier molecular flexibility index (Phi) is 6.38. The number of carbonyl (C=O) groups excluding carboxylic acids is 2. The van der Waals surface area contributed by atoms with E-state index in [-0.39, 0.29) is 24.3 Å². The number of H-pyrrole nitrogens is 1. The number of piperazine rings is 1. The highest BCUT2D eigenvalue weighted by Gasteiger charge is 2.56. The molecule has 36 heavy (non-hydrogen) atoms. The van der Waals surface area contributed by atoms with Crippen LogP contribution in [-0.2, 0) is 19.9 Å². The van der Waals surface area contributed by atoms with Crippen LogP contribution >= 0.6 is 0 Å². The first-order valence-corrected chi connectivity index (χ1v) is 12.4. The van der Waals surface area contributed by atoms with Gasteiger partial charge < -0.3 is 29.0 Å². The molecule has 0 radical (unpaired) electrons. The average Bonchev–Trinajstić information content (AvgIpc) is 3.29. The second-order valence-corrected chi connectivity index (χ2v) is 9.57. The van der Waals surface area contributed by atoms with Crippen molar-refractivity contribution in [1.29, 1.82) is 0 Å². The maximum atomic E-state index is 13.9. The summed E-state index contributed by atoms with van der Waals surface area (Å²) in [6.07, 6.45) is 0.900. The lowest BCUT2D eigenvalue weighted by atomic mass is 9.76. The van der Waals surface area contributed by atoms with E-state index in [9.17, 15) is 9.59 Å². The minimum absolute atomic E-state index is 0.0488. The Labute approximate surface area is 211 Å². The van der Waals surface area contributed by atoms with E-state index in [0.29, 0.717) is 37.8 Å². The molecular weight excluding hydrogens is 458 g/mol. The van der Waals surface area contributed by atoms with Crippen molar-refractivity contribution in [3.63, 3.8) is 0 Å². The Morgan fingerprint density at radius 3 is 2.64 bits per heavy atom. The number of rotatable bonds is 8. The lowest BCUT2D eigenvalue weighted by Gasteiger charge is -2.51. The monoisotopic (exact) mass is 491 g/mol. The van der Waals surface area contributed by atoms with E-state index in [0.717, 1.165) is 34.1 Å². The minimum Gasteiger partial charge on any atom is -0.493 e. The number of aromatic nitrogens is 1. The zero-order valence-electron chi connectivity index (χ0n) is 21.3. The minimum atomic E-state index is -1.12. The number of amides is 2. The first-order chi connectivity index (χ1) is 17.4. The molecule has 3 aromatic rings. The molecule has 1 fully saturated rings. The van der Waals surface area contributed by atoms with Crippen molar-refractivity contribution < 1.29 is 23.8 Å². The van der Waals surface area contributed by atoms with Crippen LogP contribution in [0.1, 0.15) is 43.0 Å². The number of carbonyl (C=O) groups is 2. The number of aromatic amines is 1. The Balaban J connectivity index is 1.66. The molecule has 1 aromatic heterocycles. The first-order valence-electron chi connectivity index (χ1n) is 12.4. The second kappa shape index (κ2) is 9.50. The average molecular weight is 492 g/mol. The molecule has 1 N–H and O–H groups in total. The van der Waals surface area contributed by atoms with Crippen molar-refractivity contribution in [3.8, 4) is 11.5 Å². The van der Waals surface area contributed by atoms with Gasteiger partial charge >= 0.3 is 0 Å². The summed E-state index contributed by atoms with van der Waals surface area (Å²) in [6.45, 7) is 5.72. The van der Waals surface area contributed by atoms with Gasteiger partial charge in [0, 0.05) is 37.0 Å². The lowest BCUT2D eigenvalue weighted by Crippen LogP contribution is -2.67. The summed E-state index contributed by atoms with van der Waals surface area (Å²) in [6, 6.07) is 14.0. The van der Waals surface area contributed by atoms with E-state index < -0.39 is 5.54 Å².